The Balaban J connectivity index is 2.57. The quantitative estimate of drug-likeness (QED) is 0.847. The second kappa shape index (κ2) is 7.34. The van der Waals surface area contributed by atoms with Crippen molar-refractivity contribution in [1.29, 1.82) is 0 Å². The van der Waals surface area contributed by atoms with Gasteiger partial charge in [0.15, 0.2) is 0 Å². The van der Waals surface area contributed by atoms with Gasteiger partial charge >= 0.3 is 6.09 Å². The number of hydrogen-bond donors (Lipinski definition) is 1. The lowest BCUT2D eigenvalue weighted by atomic mass is 10.1. The van der Waals surface area contributed by atoms with Crippen LogP contribution in [0.25, 0.3) is 6.08 Å². The number of nitrogens with zero attached hydrogens (tertiary/aromatic N) is 1. The first-order chi connectivity index (χ1) is 10.1. The Morgan fingerprint density at radius 1 is 1.41 bits per heavy atom. The summed E-state index contributed by atoms with van der Waals surface area (Å²) < 4.78 is 5.36. The number of rotatable bonds is 4. The molecular formula is C18H28N2O2. The molecule has 1 rings (SSSR count). The van der Waals surface area contributed by atoms with Crippen LogP contribution >= 0.6 is 0 Å². The van der Waals surface area contributed by atoms with Gasteiger partial charge in [0.25, 0.3) is 0 Å². The smallest absolute Gasteiger partial charge is 0.410 e. The topological polar surface area (TPSA) is 55.6 Å². The zero-order valence-electron chi connectivity index (χ0n) is 14.5. The van der Waals surface area contributed by atoms with Crippen LogP contribution in [-0.2, 0) is 4.74 Å². The molecule has 1 amide bonds. The zero-order valence-corrected chi connectivity index (χ0v) is 14.5. The molecule has 0 fully saturated rings. The van der Waals surface area contributed by atoms with Crippen molar-refractivity contribution in [3.8, 4) is 0 Å². The van der Waals surface area contributed by atoms with E-state index in [4.69, 9.17) is 10.5 Å². The zero-order chi connectivity index (χ0) is 16.9. The van der Waals surface area contributed by atoms with Crippen molar-refractivity contribution >= 4 is 17.9 Å². The van der Waals surface area contributed by atoms with E-state index in [1.807, 2.05) is 58.9 Å². The van der Waals surface area contributed by atoms with E-state index in [0.717, 1.165) is 23.2 Å². The number of aryl methyl sites for hydroxylation is 1. The predicted molar refractivity (Wildman–Crippen MR) is 92.7 cm³/mol. The van der Waals surface area contributed by atoms with Crippen LogP contribution < -0.4 is 5.73 Å². The molecule has 0 aliphatic carbocycles. The fourth-order valence-electron chi connectivity index (χ4n) is 1.84. The van der Waals surface area contributed by atoms with Gasteiger partial charge in [-0.05, 0) is 58.2 Å². The van der Waals surface area contributed by atoms with Crippen LogP contribution in [-0.4, -0.2) is 29.7 Å². The fourth-order valence-corrected chi connectivity index (χ4v) is 1.84. The van der Waals surface area contributed by atoms with Gasteiger partial charge in [0.2, 0.25) is 0 Å². The van der Waals surface area contributed by atoms with Gasteiger partial charge in [-0.2, -0.15) is 0 Å². The fraction of sp³-hybridized carbons (Fsp3) is 0.500. The van der Waals surface area contributed by atoms with Gasteiger partial charge in [-0.25, -0.2) is 4.79 Å². The lowest BCUT2D eigenvalue weighted by molar-refractivity contribution is 0.0238. The van der Waals surface area contributed by atoms with Gasteiger partial charge in [0, 0.05) is 18.8 Å². The van der Waals surface area contributed by atoms with E-state index < -0.39 is 5.60 Å². The molecule has 0 heterocycles. The highest BCUT2D eigenvalue weighted by atomic mass is 16.6. The van der Waals surface area contributed by atoms with Crippen molar-refractivity contribution in [3.05, 3.63) is 35.4 Å². The number of nitrogen functional groups attached to an aromatic ring is 1. The second-order valence-corrected chi connectivity index (χ2v) is 6.69. The first-order valence-electron chi connectivity index (χ1n) is 7.58. The van der Waals surface area contributed by atoms with E-state index in [0.29, 0.717) is 0 Å². The summed E-state index contributed by atoms with van der Waals surface area (Å²) in [5.41, 5.74) is 8.36. The SMILES string of the molecule is Cc1ccc(/C=C/CC(C)N(C)C(=O)OC(C)(C)C)cc1N. The standard InChI is InChI=1S/C18H28N2O2/c1-13-10-11-15(12-16(13)19)9-7-8-14(2)20(6)17(21)22-18(3,4)5/h7,9-12,14H,8,19H2,1-6H3/b9-7+. The monoisotopic (exact) mass is 304 g/mol. The molecule has 4 heteroatoms. The van der Waals surface area contributed by atoms with E-state index in [1.165, 1.54) is 0 Å². The van der Waals surface area contributed by atoms with Gasteiger partial charge in [-0.1, -0.05) is 24.3 Å². The Bertz CT molecular complexity index is 545. The molecule has 0 radical (unpaired) electrons. The maximum absolute atomic E-state index is 12.0. The molecule has 22 heavy (non-hydrogen) atoms. The third-order valence-electron chi connectivity index (χ3n) is 3.43. The summed E-state index contributed by atoms with van der Waals surface area (Å²) in [7, 11) is 1.76. The molecule has 4 nitrogen and oxygen atoms in total. The van der Waals surface area contributed by atoms with Crippen molar-refractivity contribution < 1.29 is 9.53 Å². The van der Waals surface area contributed by atoms with Crippen molar-refractivity contribution in [1.82, 2.24) is 4.90 Å². The third kappa shape index (κ3) is 5.80. The first kappa shape index (κ1) is 18.1. The molecule has 0 saturated carbocycles. The van der Waals surface area contributed by atoms with E-state index in [2.05, 4.69) is 6.08 Å². The summed E-state index contributed by atoms with van der Waals surface area (Å²) in [5.74, 6) is 0. The molecule has 1 aromatic carbocycles. The summed E-state index contributed by atoms with van der Waals surface area (Å²) >= 11 is 0. The van der Waals surface area contributed by atoms with Crippen molar-refractivity contribution in [2.75, 3.05) is 12.8 Å². The highest BCUT2D eigenvalue weighted by Crippen LogP contribution is 2.15. The average molecular weight is 304 g/mol. The molecule has 0 aliphatic heterocycles. The number of hydrogen-bond acceptors (Lipinski definition) is 3. The van der Waals surface area contributed by atoms with E-state index in [1.54, 1.807) is 11.9 Å². The summed E-state index contributed by atoms with van der Waals surface area (Å²) in [4.78, 5) is 13.6. The number of carbonyl (C=O) groups excluding carboxylic acids is 1. The molecule has 2 N–H and O–H groups in total. The average Bonchev–Trinajstić information content (AvgIpc) is 2.39. The predicted octanol–water partition coefficient (Wildman–Crippen LogP) is 4.24. The summed E-state index contributed by atoms with van der Waals surface area (Å²) in [6.45, 7) is 9.58. The number of ether oxygens (including phenoxy) is 1. The van der Waals surface area contributed by atoms with Crippen molar-refractivity contribution in [2.45, 2.75) is 52.7 Å². The molecule has 0 aliphatic rings. The van der Waals surface area contributed by atoms with E-state index >= 15 is 0 Å². The van der Waals surface area contributed by atoms with Gasteiger partial charge in [-0.15, -0.1) is 0 Å². The van der Waals surface area contributed by atoms with Crippen LogP contribution in [0.15, 0.2) is 24.3 Å². The van der Waals surface area contributed by atoms with Gasteiger partial charge in [0.1, 0.15) is 5.60 Å². The molecule has 0 bridgehead atoms. The molecule has 1 aromatic rings. The number of carbonyl (C=O) groups is 1. The summed E-state index contributed by atoms with van der Waals surface area (Å²) in [5, 5.41) is 0. The van der Waals surface area contributed by atoms with Crippen LogP contribution in [0.4, 0.5) is 10.5 Å². The van der Waals surface area contributed by atoms with Crippen LogP contribution in [0.5, 0.6) is 0 Å². The number of nitrogens with two attached hydrogens (primary N) is 1. The Kier molecular flexibility index (Phi) is 6.03. The molecule has 0 saturated heterocycles. The Morgan fingerprint density at radius 2 is 2.05 bits per heavy atom. The summed E-state index contributed by atoms with van der Waals surface area (Å²) in [6.07, 6.45) is 4.53. The minimum Gasteiger partial charge on any atom is -0.444 e. The Hall–Kier alpha value is -1.97. The number of anilines is 1. The minimum absolute atomic E-state index is 0.0638. The normalized spacial score (nSPS) is 13.2. The van der Waals surface area contributed by atoms with E-state index in [9.17, 15) is 4.79 Å². The van der Waals surface area contributed by atoms with Crippen molar-refractivity contribution in [2.24, 2.45) is 0 Å². The lowest BCUT2D eigenvalue weighted by Crippen LogP contribution is -2.39. The first-order valence-corrected chi connectivity index (χ1v) is 7.58. The Morgan fingerprint density at radius 3 is 2.59 bits per heavy atom. The van der Waals surface area contributed by atoms with Crippen LogP contribution in [0, 0.1) is 6.92 Å². The highest BCUT2D eigenvalue weighted by Gasteiger charge is 2.22. The van der Waals surface area contributed by atoms with Crippen LogP contribution in [0.3, 0.4) is 0 Å². The van der Waals surface area contributed by atoms with Gasteiger partial charge in [0.05, 0.1) is 0 Å². The number of amides is 1. The lowest BCUT2D eigenvalue weighted by Gasteiger charge is -2.28. The van der Waals surface area contributed by atoms with Gasteiger partial charge in [-0.3, -0.25) is 0 Å². The largest absolute Gasteiger partial charge is 0.444 e. The maximum Gasteiger partial charge on any atom is 0.410 e. The Labute approximate surface area is 133 Å². The van der Waals surface area contributed by atoms with Crippen molar-refractivity contribution in [3.63, 3.8) is 0 Å². The molecule has 1 unspecified atom stereocenters. The summed E-state index contributed by atoms with van der Waals surface area (Å²) in [6, 6.07) is 6.05. The maximum atomic E-state index is 12.0. The van der Waals surface area contributed by atoms with Crippen LogP contribution in [0.1, 0.15) is 45.2 Å². The third-order valence-corrected chi connectivity index (χ3v) is 3.43. The highest BCUT2D eigenvalue weighted by molar-refractivity contribution is 5.68. The van der Waals surface area contributed by atoms with E-state index in [-0.39, 0.29) is 12.1 Å². The number of benzene rings is 1. The molecule has 122 valence electrons. The second-order valence-electron chi connectivity index (χ2n) is 6.69. The molecule has 1 atom stereocenters. The molecule has 0 spiro atoms. The molecular weight excluding hydrogens is 276 g/mol. The van der Waals surface area contributed by atoms with Gasteiger partial charge < -0.3 is 15.4 Å². The molecule has 0 aromatic heterocycles. The minimum atomic E-state index is -0.472. The van der Waals surface area contributed by atoms with Crippen LogP contribution in [0.2, 0.25) is 0 Å².